The van der Waals surface area contributed by atoms with Gasteiger partial charge in [-0.05, 0) is 19.3 Å². The zero-order valence-corrected chi connectivity index (χ0v) is 10.6. The first-order chi connectivity index (χ1) is 7.17. The van der Waals surface area contributed by atoms with Crippen LogP contribution in [0.5, 0.6) is 0 Å². The number of ether oxygens (including phenoxy) is 1. The molecule has 15 heavy (non-hydrogen) atoms. The van der Waals surface area contributed by atoms with Crippen LogP contribution in [0.4, 0.5) is 0 Å². The summed E-state index contributed by atoms with van der Waals surface area (Å²) in [7, 11) is 1.79. The lowest BCUT2D eigenvalue weighted by Crippen LogP contribution is -2.56. The third-order valence-corrected chi connectivity index (χ3v) is 3.20. The van der Waals surface area contributed by atoms with Crippen LogP contribution in [-0.4, -0.2) is 50.3 Å². The van der Waals surface area contributed by atoms with Crippen LogP contribution in [0.15, 0.2) is 0 Å². The fraction of sp³-hybridized carbons (Fsp3) is 1.00. The molecule has 3 atom stereocenters. The molecule has 1 heterocycles. The van der Waals surface area contributed by atoms with Gasteiger partial charge in [0.15, 0.2) is 0 Å². The van der Waals surface area contributed by atoms with Gasteiger partial charge >= 0.3 is 0 Å². The van der Waals surface area contributed by atoms with Crippen molar-refractivity contribution in [2.45, 2.75) is 39.3 Å². The van der Waals surface area contributed by atoms with E-state index in [1.165, 1.54) is 19.5 Å². The molecule has 1 rings (SSSR count). The molecule has 1 saturated heterocycles. The second-order valence-corrected chi connectivity index (χ2v) is 4.89. The van der Waals surface area contributed by atoms with E-state index in [-0.39, 0.29) is 0 Å². The average Bonchev–Trinajstić information content (AvgIpc) is 2.18. The van der Waals surface area contributed by atoms with E-state index in [0.717, 1.165) is 13.2 Å². The Morgan fingerprint density at radius 1 is 1.53 bits per heavy atom. The largest absolute Gasteiger partial charge is 0.384 e. The number of hydrogen-bond acceptors (Lipinski definition) is 3. The predicted molar refractivity (Wildman–Crippen MR) is 64.2 cm³/mol. The number of nitrogens with zero attached hydrogens (tertiary/aromatic N) is 1. The van der Waals surface area contributed by atoms with Crippen LogP contribution < -0.4 is 5.32 Å². The molecule has 3 heteroatoms. The molecule has 0 aromatic heterocycles. The molecular weight excluding hydrogens is 188 g/mol. The molecule has 90 valence electrons. The first-order valence-electron chi connectivity index (χ1n) is 6.13. The number of rotatable bonds is 5. The normalized spacial score (nSPS) is 30.4. The van der Waals surface area contributed by atoms with E-state index >= 15 is 0 Å². The van der Waals surface area contributed by atoms with Gasteiger partial charge in [0.25, 0.3) is 0 Å². The third kappa shape index (κ3) is 4.09. The smallest absolute Gasteiger partial charge is 0.0500 e. The number of hydrogen-bond donors (Lipinski definition) is 1. The lowest BCUT2D eigenvalue weighted by Gasteiger charge is -2.40. The molecule has 0 bridgehead atoms. The minimum atomic E-state index is 0.627. The topological polar surface area (TPSA) is 24.5 Å². The first kappa shape index (κ1) is 12.9. The van der Waals surface area contributed by atoms with Gasteiger partial charge in [-0.2, -0.15) is 0 Å². The zero-order chi connectivity index (χ0) is 11.3. The minimum Gasteiger partial charge on any atom is -0.384 e. The predicted octanol–water partition coefficient (Wildman–Crippen LogP) is 1.34. The van der Waals surface area contributed by atoms with Crippen LogP contribution in [0.1, 0.15) is 27.2 Å². The first-order valence-corrected chi connectivity index (χ1v) is 6.13. The molecule has 1 fully saturated rings. The summed E-state index contributed by atoms with van der Waals surface area (Å²) in [5, 5.41) is 3.55. The quantitative estimate of drug-likeness (QED) is 0.747. The highest BCUT2D eigenvalue weighted by Gasteiger charge is 2.25. The lowest BCUT2D eigenvalue weighted by molar-refractivity contribution is 0.0822. The molecule has 1 aliphatic heterocycles. The Morgan fingerprint density at radius 3 is 2.87 bits per heavy atom. The van der Waals surface area contributed by atoms with Crippen molar-refractivity contribution in [2.75, 3.05) is 33.4 Å². The Labute approximate surface area is 94.2 Å². The maximum absolute atomic E-state index is 5.20. The van der Waals surface area contributed by atoms with Gasteiger partial charge in [0.05, 0.1) is 0 Å². The highest BCUT2D eigenvalue weighted by molar-refractivity contribution is 4.83. The summed E-state index contributed by atoms with van der Waals surface area (Å²) in [4.78, 5) is 2.62. The number of methoxy groups -OCH3 is 1. The molecule has 0 spiro atoms. The van der Waals surface area contributed by atoms with Crippen LogP contribution in [0, 0.1) is 5.92 Å². The summed E-state index contributed by atoms with van der Waals surface area (Å²) in [6.45, 7) is 11.1. The Kier molecular flexibility index (Phi) is 5.58. The molecule has 1 aliphatic rings. The SMILES string of the molecule is CCC1CNC(C)CN1CC(C)COC. The maximum Gasteiger partial charge on any atom is 0.0500 e. The van der Waals surface area contributed by atoms with Gasteiger partial charge in [-0.1, -0.05) is 13.8 Å². The van der Waals surface area contributed by atoms with Gasteiger partial charge in [0.1, 0.15) is 0 Å². The highest BCUT2D eigenvalue weighted by Crippen LogP contribution is 2.12. The van der Waals surface area contributed by atoms with Crippen molar-refractivity contribution in [3.63, 3.8) is 0 Å². The van der Waals surface area contributed by atoms with Gasteiger partial charge < -0.3 is 10.1 Å². The van der Waals surface area contributed by atoms with Gasteiger partial charge in [0.2, 0.25) is 0 Å². The van der Waals surface area contributed by atoms with E-state index in [0.29, 0.717) is 18.0 Å². The van der Waals surface area contributed by atoms with E-state index in [1.807, 2.05) is 0 Å². The molecule has 3 nitrogen and oxygen atoms in total. The fourth-order valence-corrected chi connectivity index (χ4v) is 2.40. The van der Waals surface area contributed by atoms with Gasteiger partial charge in [-0.3, -0.25) is 4.90 Å². The third-order valence-electron chi connectivity index (χ3n) is 3.20. The van der Waals surface area contributed by atoms with Crippen LogP contribution in [0.25, 0.3) is 0 Å². The second-order valence-electron chi connectivity index (χ2n) is 4.89. The Morgan fingerprint density at radius 2 is 2.27 bits per heavy atom. The van der Waals surface area contributed by atoms with Crippen molar-refractivity contribution < 1.29 is 4.74 Å². The number of piperazine rings is 1. The highest BCUT2D eigenvalue weighted by atomic mass is 16.5. The summed E-state index contributed by atoms with van der Waals surface area (Å²) in [6.07, 6.45) is 1.24. The van der Waals surface area contributed by atoms with E-state index in [1.54, 1.807) is 7.11 Å². The molecule has 0 aromatic carbocycles. The van der Waals surface area contributed by atoms with Gasteiger partial charge in [-0.25, -0.2) is 0 Å². The van der Waals surface area contributed by atoms with Crippen molar-refractivity contribution in [3.05, 3.63) is 0 Å². The molecule has 3 unspecified atom stereocenters. The molecule has 1 N–H and O–H groups in total. The van der Waals surface area contributed by atoms with Crippen LogP contribution >= 0.6 is 0 Å². The fourth-order valence-electron chi connectivity index (χ4n) is 2.40. The van der Waals surface area contributed by atoms with Crippen molar-refractivity contribution in [1.29, 1.82) is 0 Å². The second kappa shape index (κ2) is 6.46. The monoisotopic (exact) mass is 214 g/mol. The Hall–Kier alpha value is -0.120. The van der Waals surface area contributed by atoms with E-state index in [4.69, 9.17) is 4.74 Å². The molecule has 0 radical (unpaired) electrons. The van der Waals surface area contributed by atoms with Crippen LogP contribution in [0.2, 0.25) is 0 Å². The van der Waals surface area contributed by atoms with E-state index < -0.39 is 0 Å². The lowest BCUT2D eigenvalue weighted by atomic mass is 10.0. The molecule has 0 saturated carbocycles. The Balaban J connectivity index is 2.40. The standard InChI is InChI=1S/C12H26N2O/c1-5-12-6-13-11(3)8-14(12)7-10(2)9-15-4/h10-13H,5-9H2,1-4H3. The van der Waals surface area contributed by atoms with Gasteiger partial charge in [0, 0.05) is 45.4 Å². The minimum absolute atomic E-state index is 0.627. The van der Waals surface area contributed by atoms with Crippen molar-refractivity contribution >= 4 is 0 Å². The average molecular weight is 214 g/mol. The van der Waals surface area contributed by atoms with Crippen LogP contribution in [0.3, 0.4) is 0 Å². The number of nitrogens with one attached hydrogen (secondary N) is 1. The molecule has 0 aromatic rings. The molecular formula is C12H26N2O. The molecule has 0 amide bonds. The van der Waals surface area contributed by atoms with Crippen molar-refractivity contribution in [2.24, 2.45) is 5.92 Å². The maximum atomic E-state index is 5.20. The van der Waals surface area contributed by atoms with E-state index in [9.17, 15) is 0 Å². The molecule has 0 aliphatic carbocycles. The van der Waals surface area contributed by atoms with Crippen LogP contribution in [-0.2, 0) is 4.74 Å². The summed E-state index contributed by atoms with van der Waals surface area (Å²) in [6, 6.07) is 1.34. The Bertz CT molecular complexity index is 175. The zero-order valence-electron chi connectivity index (χ0n) is 10.6. The summed E-state index contributed by atoms with van der Waals surface area (Å²) in [5.41, 5.74) is 0. The van der Waals surface area contributed by atoms with Crippen molar-refractivity contribution in [3.8, 4) is 0 Å². The summed E-state index contributed by atoms with van der Waals surface area (Å²) >= 11 is 0. The van der Waals surface area contributed by atoms with Gasteiger partial charge in [-0.15, -0.1) is 0 Å². The summed E-state index contributed by atoms with van der Waals surface area (Å²) in [5.74, 6) is 0.634. The van der Waals surface area contributed by atoms with E-state index in [2.05, 4.69) is 31.0 Å². The van der Waals surface area contributed by atoms with Crippen molar-refractivity contribution in [1.82, 2.24) is 10.2 Å². The summed E-state index contributed by atoms with van der Waals surface area (Å²) < 4.78 is 5.20.